The van der Waals surface area contributed by atoms with Crippen LogP contribution >= 0.6 is 0 Å². The third kappa shape index (κ3) is 3.45. The second-order valence-electron chi connectivity index (χ2n) is 4.12. The molecule has 2 rings (SSSR count). The van der Waals surface area contributed by atoms with Gasteiger partial charge in [-0.25, -0.2) is 4.79 Å². The van der Waals surface area contributed by atoms with Crippen molar-refractivity contribution >= 4 is 17.6 Å². The minimum atomic E-state index is -0.387. The average molecular weight is 269 g/mol. The van der Waals surface area contributed by atoms with E-state index in [1.54, 1.807) is 31.2 Å². The summed E-state index contributed by atoms with van der Waals surface area (Å²) in [4.78, 5) is 23.5. The number of benzene rings is 2. The van der Waals surface area contributed by atoms with Gasteiger partial charge in [-0.05, 0) is 43.3 Å². The Balaban J connectivity index is 2.06. The zero-order chi connectivity index (χ0) is 14.4. The first-order valence-electron chi connectivity index (χ1n) is 6.34. The van der Waals surface area contributed by atoms with Crippen LogP contribution in [0.15, 0.2) is 54.6 Å². The molecule has 2 aromatic rings. The number of carbonyl (C=O) groups is 2. The smallest absolute Gasteiger partial charge is 0.338 e. The Labute approximate surface area is 117 Å². The van der Waals surface area contributed by atoms with Crippen LogP contribution in [0.25, 0.3) is 0 Å². The third-order valence-electron chi connectivity index (χ3n) is 2.69. The maximum atomic E-state index is 12.0. The molecule has 20 heavy (non-hydrogen) atoms. The van der Waals surface area contributed by atoms with Crippen molar-refractivity contribution in [1.29, 1.82) is 0 Å². The van der Waals surface area contributed by atoms with Gasteiger partial charge in [-0.1, -0.05) is 18.2 Å². The maximum absolute atomic E-state index is 12.0. The number of amides is 1. The second kappa shape index (κ2) is 6.52. The molecule has 4 nitrogen and oxygen atoms in total. The Morgan fingerprint density at radius 3 is 2.15 bits per heavy atom. The molecule has 1 N–H and O–H groups in total. The fraction of sp³-hybridized carbons (Fsp3) is 0.125. The van der Waals surface area contributed by atoms with Crippen LogP contribution in [-0.4, -0.2) is 18.5 Å². The average Bonchev–Trinajstić information content (AvgIpc) is 2.48. The number of esters is 1. The molecular weight excluding hydrogens is 254 g/mol. The first kappa shape index (κ1) is 13.8. The fourth-order valence-corrected chi connectivity index (χ4v) is 1.70. The lowest BCUT2D eigenvalue weighted by Gasteiger charge is -2.06. The summed E-state index contributed by atoms with van der Waals surface area (Å²) in [5.74, 6) is -0.603. The van der Waals surface area contributed by atoms with Crippen molar-refractivity contribution < 1.29 is 14.3 Å². The van der Waals surface area contributed by atoms with Crippen molar-refractivity contribution in [2.45, 2.75) is 6.92 Å². The topological polar surface area (TPSA) is 55.4 Å². The molecule has 0 radical (unpaired) electrons. The molecule has 0 aliphatic heterocycles. The van der Waals surface area contributed by atoms with Gasteiger partial charge in [0.1, 0.15) is 0 Å². The molecule has 0 atom stereocenters. The number of nitrogens with one attached hydrogen (secondary N) is 1. The van der Waals surface area contributed by atoms with E-state index in [1.807, 2.05) is 30.3 Å². The minimum absolute atomic E-state index is 0.216. The quantitative estimate of drug-likeness (QED) is 0.868. The molecule has 0 unspecified atom stereocenters. The van der Waals surface area contributed by atoms with E-state index in [0.717, 1.165) is 5.69 Å². The molecule has 0 spiro atoms. The highest BCUT2D eigenvalue weighted by Gasteiger charge is 2.09. The van der Waals surface area contributed by atoms with Crippen LogP contribution in [0.4, 0.5) is 5.69 Å². The Bertz CT molecular complexity index is 591. The number of hydrogen-bond acceptors (Lipinski definition) is 3. The Morgan fingerprint density at radius 1 is 0.950 bits per heavy atom. The van der Waals surface area contributed by atoms with Crippen LogP contribution in [-0.2, 0) is 4.74 Å². The second-order valence-corrected chi connectivity index (χ2v) is 4.12. The zero-order valence-corrected chi connectivity index (χ0v) is 11.1. The summed E-state index contributed by atoms with van der Waals surface area (Å²) < 4.78 is 4.88. The van der Waals surface area contributed by atoms with E-state index >= 15 is 0 Å². The Hall–Kier alpha value is -2.62. The first-order valence-corrected chi connectivity index (χ1v) is 6.34. The lowest BCUT2D eigenvalue weighted by Crippen LogP contribution is -2.12. The van der Waals surface area contributed by atoms with Crippen LogP contribution in [0.3, 0.4) is 0 Å². The van der Waals surface area contributed by atoms with Crippen molar-refractivity contribution in [3.05, 3.63) is 65.7 Å². The number of para-hydroxylation sites is 1. The predicted molar refractivity (Wildman–Crippen MR) is 76.8 cm³/mol. The van der Waals surface area contributed by atoms with E-state index in [4.69, 9.17) is 4.74 Å². The summed E-state index contributed by atoms with van der Waals surface area (Å²) in [5, 5.41) is 2.78. The van der Waals surface area contributed by atoms with Gasteiger partial charge in [0.05, 0.1) is 12.2 Å². The minimum Gasteiger partial charge on any atom is -0.462 e. The fourth-order valence-electron chi connectivity index (χ4n) is 1.70. The van der Waals surface area contributed by atoms with Crippen LogP contribution in [0, 0.1) is 0 Å². The van der Waals surface area contributed by atoms with Gasteiger partial charge in [-0.3, -0.25) is 4.79 Å². The molecule has 0 bridgehead atoms. The van der Waals surface area contributed by atoms with E-state index in [1.165, 1.54) is 0 Å². The van der Waals surface area contributed by atoms with Gasteiger partial charge in [0.2, 0.25) is 0 Å². The number of carbonyl (C=O) groups excluding carboxylic acids is 2. The third-order valence-corrected chi connectivity index (χ3v) is 2.69. The van der Waals surface area contributed by atoms with Crippen LogP contribution in [0.5, 0.6) is 0 Å². The number of anilines is 1. The van der Waals surface area contributed by atoms with E-state index in [2.05, 4.69) is 5.32 Å². The molecule has 1 amide bonds. The molecule has 2 aromatic carbocycles. The van der Waals surface area contributed by atoms with Crippen LogP contribution in [0.1, 0.15) is 27.6 Å². The monoisotopic (exact) mass is 269 g/mol. The highest BCUT2D eigenvalue weighted by atomic mass is 16.5. The molecule has 0 fully saturated rings. The van der Waals surface area contributed by atoms with Crippen LogP contribution < -0.4 is 5.32 Å². The molecule has 4 heteroatoms. The largest absolute Gasteiger partial charge is 0.462 e. The molecule has 0 saturated heterocycles. The molecule has 102 valence electrons. The molecule has 0 saturated carbocycles. The van der Waals surface area contributed by atoms with Crippen molar-refractivity contribution in [3.8, 4) is 0 Å². The molecule has 0 aliphatic rings. The van der Waals surface area contributed by atoms with Crippen molar-refractivity contribution in [2.75, 3.05) is 11.9 Å². The van der Waals surface area contributed by atoms with Crippen molar-refractivity contribution in [3.63, 3.8) is 0 Å². The molecule has 0 aromatic heterocycles. The number of hydrogen-bond donors (Lipinski definition) is 1. The van der Waals surface area contributed by atoms with Gasteiger partial charge in [0, 0.05) is 11.3 Å². The highest BCUT2D eigenvalue weighted by Crippen LogP contribution is 2.10. The van der Waals surface area contributed by atoms with Gasteiger partial charge in [0.25, 0.3) is 5.91 Å². The van der Waals surface area contributed by atoms with Gasteiger partial charge in [-0.2, -0.15) is 0 Å². The summed E-state index contributed by atoms with van der Waals surface area (Å²) in [7, 11) is 0. The van der Waals surface area contributed by atoms with Gasteiger partial charge in [-0.15, -0.1) is 0 Å². The highest BCUT2D eigenvalue weighted by molar-refractivity contribution is 6.04. The van der Waals surface area contributed by atoms with Gasteiger partial charge < -0.3 is 10.1 Å². The number of ether oxygens (including phenoxy) is 1. The SMILES string of the molecule is CCOC(=O)c1ccc(C(=O)Nc2ccccc2)cc1. The zero-order valence-electron chi connectivity index (χ0n) is 11.1. The summed E-state index contributed by atoms with van der Waals surface area (Å²) >= 11 is 0. The Kier molecular flexibility index (Phi) is 4.50. The lowest BCUT2D eigenvalue weighted by molar-refractivity contribution is 0.0526. The van der Waals surface area contributed by atoms with Gasteiger partial charge in [0.15, 0.2) is 0 Å². The van der Waals surface area contributed by atoms with Crippen molar-refractivity contribution in [1.82, 2.24) is 0 Å². The van der Waals surface area contributed by atoms with Crippen molar-refractivity contribution in [2.24, 2.45) is 0 Å². The number of rotatable bonds is 4. The van der Waals surface area contributed by atoms with E-state index in [-0.39, 0.29) is 11.9 Å². The molecular formula is C16H15NO3. The van der Waals surface area contributed by atoms with Crippen LogP contribution in [0.2, 0.25) is 0 Å². The summed E-state index contributed by atoms with van der Waals surface area (Å²) in [6.45, 7) is 2.08. The molecule has 0 heterocycles. The maximum Gasteiger partial charge on any atom is 0.338 e. The van der Waals surface area contributed by atoms with Gasteiger partial charge >= 0.3 is 5.97 Å². The summed E-state index contributed by atoms with van der Waals surface area (Å²) in [6.07, 6.45) is 0. The molecule has 0 aliphatic carbocycles. The predicted octanol–water partition coefficient (Wildman–Crippen LogP) is 3.12. The lowest BCUT2D eigenvalue weighted by atomic mass is 10.1. The summed E-state index contributed by atoms with van der Waals surface area (Å²) in [5.41, 5.74) is 1.65. The summed E-state index contributed by atoms with van der Waals surface area (Å²) in [6, 6.07) is 15.6. The van der Waals surface area contributed by atoms with E-state index in [0.29, 0.717) is 17.7 Å². The normalized spacial score (nSPS) is 9.85. The van der Waals surface area contributed by atoms with E-state index < -0.39 is 0 Å². The first-order chi connectivity index (χ1) is 9.70. The standard InChI is InChI=1S/C16H15NO3/c1-2-20-16(19)13-10-8-12(9-11-13)15(18)17-14-6-4-3-5-7-14/h3-11H,2H2,1H3,(H,17,18). The Morgan fingerprint density at radius 2 is 1.55 bits per heavy atom. The van der Waals surface area contributed by atoms with E-state index in [9.17, 15) is 9.59 Å².